The van der Waals surface area contributed by atoms with Gasteiger partial charge in [-0.1, -0.05) is 24.3 Å². The molecule has 2 aromatic carbocycles. The van der Waals surface area contributed by atoms with Crippen LogP contribution in [0.4, 0.5) is 10.1 Å². The number of aliphatic imine (C=N–C) groups is 1. The number of guanidine groups is 1. The molecule has 0 spiro atoms. The number of rotatable bonds is 6. The lowest BCUT2D eigenvalue weighted by Gasteiger charge is -2.10. The smallest absolute Gasteiger partial charge is 0.252 e. The van der Waals surface area contributed by atoms with E-state index in [4.69, 9.17) is 4.74 Å². The quantitative estimate of drug-likeness (QED) is 0.521. The van der Waals surface area contributed by atoms with Gasteiger partial charge in [0.15, 0.2) is 0 Å². The minimum atomic E-state index is -0.863. The maximum absolute atomic E-state index is 12.9. The topological polar surface area (TPSA) is 104 Å². The molecule has 1 atom stereocenters. The van der Waals surface area contributed by atoms with E-state index >= 15 is 0 Å². The Kier molecular flexibility index (Phi) is 5.95. The predicted molar refractivity (Wildman–Crippen MR) is 103 cm³/mol. The van der Waals surface area contributed by atoms with E-state index in [-0.39, 0.29) is 24.1 Å². The summed E-state index contributed by atoms with van der Waals surface area (Å²) in [7, 11) is 1.50. The summed E-state index contributed by atoms with van der Waals surface area (Å²) in [5.41, 5.74) is 3.77. The van der Waals surface area contributed by atoms with Gasteiger partial charge in [0.25, 0.3) is 5.91 Å². The molecule has 144 valence electrons. The average Bonchev–Trinajstić information content (AvgIpc) is 3.03. The first-order valence-corrected chi connectivity index (χ1v) is 8.41. The van der Waals surface area contributed by atoms with Gasteiger partial charge in [-0.05, 0) is 29.8 Å². The Balaban J connectivity index is 1.55. The number of hydrogen-bond acceptors (Lipinski definition) is 6. The highest BCUT2D eigenvalue weighted by atomic mass is 19.1. The molecule has 2 aromatic rings. The number of benzene rings is 2. The minimum absolute atomic E-state index is 0.128. The van der Waals surface area contributed by atoms with Crippen LogP contribution >= 0.6 is 0 Å². The van der Waals surface area contributed by atoms with E-state index in [1.54, 1.807) is 36.4 Å². The van der Waals surface area contributed by atoms with Crippen LogP contribution in [0.1, 0.15) is 12.0 Å². The second kappa shape index (κ2) is 8.76. The van der Waals surface area contributed by atoms with Gasteiger partial charge in [-0.2, -0.15) is 5.10 Å². The van der Waals surface area contributed by atoms with Crippen molar-refractivity contribution in [2.75, 3.05) is 12.4 Å². The van der Waals surface area contributed by atoms with Crippen molar-refractivity contribution in [3.63, 3.8) is 0 Å². The van der Waals surface area contributed by atoms with Crippen LogP contribution in [0, 0.1) is 5.82 Å². The fourth-order valence-corrected chi connectivity index (χ4v) is 2.48. The molecule has 3 N–H and O–H groups in total. The summed E-state index contributed by atoms with van der Waals surface area (Å²) in [6.45, 7) is 0. The molecule has 2 amide bonds. The monoisotopic (exact) mass is 383 g/mol. The van der Waals surface area contributed by atoms with Gasteiger partial charge in [0.05, 0.1) is 25.4 Å². The second-order valence-electron chi connectivity index (χ2n) is 5.86. The molecule has 0 saturated heterocycles. The van der Waals surface area contributed by atoms with Gasteiger partial charge in [0.1, 0.15) is 17.6 Å². The molecule has 1 heterocycles. The average molecular weight is 383 g/mol. The van der Waals surface area contributed by atoms with Crippen molar-refractivity contribution in [3.8, 4) is 5.75 Å². The summed E-state index contributed by atoms with van der Waals surface area (Å²) in [5.74, 6) is -0.461. The maximum Gasteiger partial charge on any atom is 0.252 e. The first kappa shape index (κ1) is 19.0. The number of ether oxygens (including phenoxy) is 1. The second-order valence-corrected chi connectivity index (χ2v) is 5.86. The van der Waals surface area contributed by atoms with Crippen LogP contribution in [-0.4, -0.2) is 37.1 Å². The number of halogens is 1. The summed E-state index contributed by atoms with van der Waals surface area (Å²) >= 11 is 0. The molecule has 0 aliphatic carbocycles. The lowest BCUT2D eigenvalue weighted by molar-refractivity contribution is -0.123. The van der Waals surface area contributed by atoms with Gasteiger partial charge >= 0.3 is 0 Å². The third kappa shape index (κ3) is 4.91. The maximum atomic E-state index is 12.9. The number of amides is 2. The number of nitrogens with zero attached hydrogens (tertiary/aromatic N) is 2. The van der Waals surface area contributed by atoms with Gasteiger partial charge in [-0.3, -0.25) is 14.9 Å². The van der Waals surface area contributed by atoms with E-state index < -0.39 is 11.9 Å². The van der Waals surface area contributed by atoms with E-state index in [0.717, 1.165) is 0 Å². The van der Waals surface area contributed by atoms with Crippen molar-refractivity contribution in [2.24, 2.45) is 10.1 Å². The van der Waals surface area contributed by atoms with Gasteiger partial charge in [0, 0.05) is 0 Å². The van der Waals surface area contributed by atoms with Gasteiger partial charge in [-0.25, -0.2) is 14.8 Å². The number of hydrogen-bond donors (Lipinski definition) is 3. The zero-order chi connectivity index (χ0) is 19.9. The van der Waals surface area contributed by atoms with Crippen molar-refractivity contribution in [2.45, 2.75) is 12.5 Å². The standard InChI is InChI=1S/C19H18FN5O3/c1-28-16-5-3-2-4-14(16)22-17(26)10-15-18(27)24-19(23-15)25-21-11-12-6-8-13(20)9-7-12/h2-9,11,15H,10H2,1H3,(H,22,26)(H2,23,24,25,27)/b21-11-/t15-/m1/s1. The van der Waals surface area contributed by atoms with Crippen molar-refractivity contribution in [3.05, 3.63) is 59.9 Å². The molecule has 0 saturated carbocycles. The summed E-state index contributed by atoms with van der Waals surface area (Å²) in [4.78, 5) is 28.3. The molecule has 9 heteroatoms. The van der Waals surface area contributed by atoms with Crippen LogP contribution in [0.25, 0.3) is 0 Å². The fraction of sp³-hybridized carbons (Fsp3) is 0.158. The van der Waals surface area contributed by atoms with Gasteiger partial charge in [-0.15, -0.1) is 0 Å². The first-order valence-electron chi connectivity index (χ1n) is 8.41. The SMILES string of the molecule is COc1ccccc1NC(=O)C[C@H]1N=C(N/N=C\c2ccc(F)cc2)NC1=O. The summed E-state index contributed by atoms with van der Waals surface area (Å²) in [5, 5.41) is 9.14. The Bertz CT molecular complexity index is 927. The summed E-state index contributed by atoms with van der Waals surface area (Å²) in [6, 6.07) is 11.8. The molecule has 0 bridgehead atoms. The van der Waals surface area contributed by atoms with Crippen LogP contribution in [0.5, 0.6) is 5.75 Å². The number of carbonyl (C=O) groups excluding carboxylic acids is 2. The molecule has 3 rings (SSSR count). The number of nitrogens with one attached hydrogen (secondary N) is 3. The zero-order valence-electron chi connectivity index (χ0n) is 15.0. The van der Waals surface area contributed by atoms with E-state index in [1.165, 1.54) is 25.5 Å². The Hall–Kier alpha value is -3.75. The Morgan fingerprint density at radius 2 is 2.04 bits per heavy atom. The third-order valence-corrected chi connectivity index (χ3v) is 3.84. The number of methoxy groups -OCH3 is 1. The van der Waals surface area contributed by atoms with Crippen LogP contribution in [0.3, 0.4) is 0 Å². The van der Waals surface area contributed by atoms with Crippen LogP contribution in [0.2, 0.25) is 0 Å². The van der Waals surface area contributed by atoms with Gasteiger partial charge < -0.3 is 10.1 Å². The Morgan fingerprint density at radius 3 is 2.79 bits per heavy atom. The normalized spacial score (nSPS) is 15.9. The number of anilines is 1. The molecular formula is C19H18FN5O3. The number of para-hydroxylation sites is 2. The Morgan fingerprint density at radius 1 is 1.29 bits per heavy atom. The number of hydrazone groups is 1. The molecule has 1 aliphatic rings. The van der Waals surface area contributed by atoms with Crippen molar-refractivity contribution in [1.82, 2.24) is 10.7 Å². The molecule has 0 radical (unpaired) electrons. The molecule has 8 nitrogen and oxygen atoms in total. The van der Waals surface area contributed by atoms with Crippen LogP contribution in [-0.2, 0) is 9.59 Å². The van der Waals surface area contributed by atoms with E-state index in [2.05, 4.69) is 26.2 Å². The molecule has 0 aromatic heterocycles. The molecule has 0 unspecified atom stereocenters. The summed E-state index contributed by atoms with van der Waals surface area (Å²) in [6.07, 6.45) is 1.33. The minimum Gasteiger partial charge on any atom is -0.495 e. The lowest BCUT2D eigenvalue weighted by Crippen LogP contribution is -2.35. The van der Waals surface area contributed by atoms with Crippen molar-refractivity contribution < 1.29 is 18.7 Å². The van der Waals surface area contributed by atoms with Crippen molar-refractivity contribution in [1.29, 1.82) is 0 Å². The summed E-state index contributed by atoms with van der Waals surface area (Å²) < 4.78 is 18.0. The highest BCUT2D eigenvalue weighted by molar-refractivity contribution is 6.07. The highest BCUT2D eigenvalue weighted by Crippen LogP contribution is 2.23. The van der Waals surface area contributed by atoms with E-state index in [1.807, 2.05) is 0 Å². The molecule has 0 fully saturated rings. The molecule has 28 heavy (non-hydrogen) atoms. The zero-order valence-corrected chi connectivity index (χ0v) is 15.0. The third-order valence-electron chi connectivity index (χ3n) is 3.84. The molecule has 1 aliphatic heterocycles. The number of carbonyl (C=O) groups is 2. The van der Waals surface area contributed by atoms with Crippen molar-refractivity contribution >= 4 is 29.7 Å². The first-order chi connectivity index (χ1) is 13.5. The predicted octanol–water partition coefficient (Wildman–Crippen LogP) is 1.64. The molecular weight excluding hydrogens is 365 g/mol. The Labute approximate surface area is 160 Å². The fourth-order valence-electron chi connectivity index (χ4n) is 2.48. The van der Waals surface area contributed by atoms with Crippen LogP contribution in [0.15, 0.2) is 58.6 Å². The largest absolute Gasteiger partial charge is 0.495 e. The van der Waals surface area contributed by atoms with Crippen LogP contribution < -0.4 is 20.8 Å². The lowest BCUT2D eigenvalue weighted by atomic mass is 10.2. The highest BCUT2D eigenvalue weighted by Gasteiger charge is 2.28. The van der Waals surface area contributed by atoms with Gasteiger partial charge in [0.2, 0.25) is 11.9 Å². The van der Waals surface area contributed by atoms with E-state index in [9.17, 15) is 14.0 Å². The van der Waals surface area contributed by atoms with E-state index in [0.29, 0.717) is 17.0 Å².